The molecule has 2 saturated heterocycles. The molecule has 10 nitrogen and oxygen atoms in total. The van der Waals surface area contributed by atoms with Crippen molar-refractivity contribution in [3.63, 3.8) is 0 Å². The minimum absolute atomic E-state index is 0.0254. The highest BCUT2D eigenvalue weighted by Crippen LogP contribution is 2.50. The quantitative estimate of drug-likeness (QED) is 0.0972. The molecule has 332 valence electrons. The van der Waals surface area contributed by atoms with E-state index in [1.54, 1.807) is 7.11 Å². The fourth-order valence-corrected chi connectivity index (χ4v) is 14.0. The van der Waals surface area contributed by atoms with Crippen LogP contribution in [0.15, 0.2) is 16.6 Å². The van der Waals surface area contributed by atoms with E-state index in [2.05, 4.69) is 33.5 Å². The first-order chi connectivity index (χ1) is 29.0. The number of carbonyl (C=O) groups excluding carboxylic acids is 2. The lowest BCUT2D eigenvalue weighted by Crippen LogP contribution is -2.63. The van der Waals surface area contributed by atoms with Gasteiger partial charge in [-0.25, -0.2) is 0 Å². The molecule has 4 saturated carbocycles. The highest BCUT2D eigenvalue weighted by Gasteiger charge is 2.51. The minimum Gasteiger partial charge on any atom is -0.393 e. The number of allylic oxidation sites excluding steroid dienone is 1. The zero-order chi connectivity index (χ0) is 41.9. The molecule has 3 aliphatic heterocycles. The lowest BCUT2D eigenvalue weighted by molar-refractivity contribution is -0.135. The molecule has 0 aromatic carbocycles. The molecule has 10 heteroatoms. The molecule has 0 amide bonds. The van der Waals surface area contributed by atoms with E-state index in [-0.39, 0.29) is 41.3 Å². The molecule has 8 aliphatic rings. The second-order valence-corrected chi connectivity index (χ2v) is 21.2. The Kier molecular flexibility index (Phi) is 14.6. The van der Waals surface area contributed by atoms with E-state index < -0.39 is 23.7 Å². The van der Waals surface area contributed by atoms with Crippen LogP contribution in [0.3, 0.4) is 0 Å². The zero-order valence-corrected chi connectivity index (χ0v) is 36.6. The molecule has 2 spiro atoms. The van der Waals surface area contributed by atoms with E-state index in [1.165, 1.54) is 44.1 Å². The number of rotatable bonds is 12. The van der Waals surface area contributed by atoms with Gasteiger partial charge in [-0.3, -0.25) is 9.59 Å². The molecule has 6 fully saturated rings. The first-order valence-corrected chi connectivity index (χ1v) is 24.5. The van der Waals surface area contributed by atoms with Crippen molar-refractivity contribution in [2.75, 3.05) is 13.7 Å². The standard InChI is InChI=1S/C50H77N4O6/c1-60-45-26-36-9-14-46(58)49(20-15-32(24-47(49)59)5-10-39-25-37-8-13-41(56)28-43(37)54-50(39)18-3-2-4-19-50)21-16-34(42(36)29-44(45)57)6-11-40(55)12-7-35-27-48(51)53-31-38(35)23-33-17-22-52-30-33/h17,22,30,32,34-40,42-45,47-48,53-55,57,59H,2-15,18-20,23-29,31,51H2,1H3/q+1/t32-,34-,35?,36?,37+,38?,39-,40-,42?,43+,44?,45?,47+,48?,49+/m0/s1. The average Bonchev–Trinajstić information content (AvgIpc) is 3.77. The number of methoxy groups -OCH3 is 1. The molecule has 0 radical (unpaired) electrons. The molecule has 3 heterocycles. The van der Waals surface area contributed by atoms with Crippen molar-refractivity contribution >= 4 is 17.8 Å². The summed E-state index contributed by atoms with van der Waals surface area (Å²) in [6, 6.07) is 0.343. The number of hydrogen-bond donors (Lipinski definition) is 6. The van der Waals surface area contributed by atoms with Crippen LogP contribution < -0.4 is 16.4 Å². The van der Waals surface area contributed by atoms with E-state index in [1.807, 2.05) is 12.8 Å². The Bertz CT molecular complexity index is 1620. The number of aliphatic hydroxyl groups excluding tert-OH is 3. The van der Waals surface area contributed by atoms with Crippen molar-refractivity contribution < 1.29 is 29.6 Å². The second-order valence-electron chi connectivity index (χ2n) is 21.2. The van der Waals surface area contributed by atoms with E-state index in [0.29, 0.717) is 106 Å². The number of ketones is 2. The Morgan fingerprint density at radius 1 is 0.950 bits per heavy atom. The van der Waals surface area contributed by atoms with Crippen molar-refractivity contribution in [3.8, 4) is 11.8 Å². The van der Waals surface area contributed by atoms with Crippen LogP contribution in [0.1, 0.15) is 154 Å². The molecule has 7 N–H and O–H groups in total. The fraction of sp³-hybridized carbons (Fsp3) is 0.840. The monoisotopic (exact) mass is 830 g/mol. The third kappa shape index (κ3) is 9.98. The largest absolute Gasteiger partial charge is 0.393 e. The third-order valence-corrected chi connectivity index (χ3v) is 17.7. The maximum atomic E-state index is 14.4. The molecule has 15 atom stereocenters. The number of ether oxygens (including phenoxy) is 1. The molecule has 8 rings (SSSR count). The number of fused-ring (bicyclic) bond motifs is 2. The van der Waals surface area contributed by atoms with Gasteiger partial charge >= 0.3 is 0 Å². The zero-order valence-electron chi connectivity index (χ0n) is 36.6. The summed E-state index contributed by atoms with van der Waals surface area (Å²) in [5.41, 5.74) is 6.69. The number of piperidine rings is 2. The maximum Gasteiger partial charge on any atom is 0.176 e. The first-order valence-electron chi connectivity index (χ1n) is 24.5. The number of nitrogens with one attached hydrogen (secondary N) is 2. The number of Topliss-reactive ketones (excluding diaryl/α,β-unsaturated/α-hetero) is 2. The van der Waals surface area contributed by atoms with Gasteiger partial charge in [-0.1, -0.05) is 37.5 Å². The Labute approximate surface area is 360 Å². The number of nitrogens with two attached hydrogens (primary N) is 1. The molecule has 7 unspecified atom stereocenters. The summed E-state index contributed by atoms with van der Waals surface area (Å²) < 4.78 is 5.74. The molecular formula is C50H77N4O6+. The van der Waals surface area contributed by atoms with Gasteiger partial charge in [0.15, 0.2) is 12.0 Å². The average molecular weight is 830 g/mol. The number of nitrogens with zero attached hydrogens (tertiary/aromatic N) is 1. The first kappa shape index (κ1) is 44.5. The van der Waals surface area contributed by atoms with Crippen LogP contribution in [-0.4, -0.2) is 88.9 Å². The molecule has 5 aliphatic carbocycles. The number of aliphatic imine (C=N–C) groups is 1. The van der Waals surface area contributed by atoms with Gasteiger partial charge < -0.3 is 36.4 Å². The molecule has 0 aromatic heterocycles. The lowest BCUT2D eigenvalue weighted by atomic mass is 9.60. The molecule has 0 bridgehead atoms. The van der Waals surface area contributed by atoms with Gasteiger partial charge in [0, 0.05) is 56.8 Å². The van der Waals surface area contributed by atoms with Crippen LogP contribution in [0.4, 0.5) is 0 Å². The Balaban J connectivity index is 0.926. The smallest absolute Gasteiger partial charge is 0.176 e. The maximum absolute atomic E-state index is 14.4. The van der Waals surface area contributed by atoms with Crippen molar-refractivity contribution in [2.24, 2.45) is 63.5 Å². The third-order valence-electron chi connectivity index (χ3n) is 17.7. The van der Waals surface area contributed by atoms with Crippen molar-refractivity contribution in [2.45, 2.75) is 196 Å². The highest BCUT2D eigenvalue weighted by molar-refractivity contribution is 5.89. The van der Waals surface area contributed by atoms with Gasteiger partial charge in [0.1, 0.15) is 23.3 Å². The molecular weight excluding hydrogens is 753 g/mol. The van der Waals surface area contributed by atoms with E-state index in [0.717, 1.165) is 57.9 Å². The van der Waals surface area contributed by atoms with E-state index in [4.69, 9.17) is 10.5 Å². The van der Waals surface area contributed by atoms with Gasteiger partial charge in [-0.15, -0.1) is 4.99 Å². The second kappa shape index (κ2) is 19.7. The van der Waals surface area contributed by atoms with Gasteiger partial charge in [0.05, 0.1) is 36.7 Å². The van der Waals surface area contributed by atoms with Gasteiger partial charge in [0.25, 0.3) is 0 Å². The highest BCUT2D eigenvalue weighted by atomic mass is 16.5. The molecule has 0 aromatic rings. The number of carbonyl (C=O) groups is 2. The summed E-state index contributed by atoms with van der Waals surface area (Å²) >= 11 is 0. The van der Waals surface area contributed by atoms with Gasteiger partial charge in [-0.2, -0.15) is 0 Å². The lowest BCUT2D eigenvalue weighted by Gasteiger charge is -2.54. The van der Waals surface area contributed by atoms with Crippen LogP contribution in [0, 0.1) is 71.1 Å². The van der Waals surface area contributed by atoms with Gasteiger partial charge in [0.2, 0.25) is 0 Å². The summed E-state index contributed by atoms with van der Waals surface area (Å²) in [5, 5.41) is 42.4. The van der Waals surface area contributed by atoms with Crippen molar-refractivity contribution in [3.05, 3.63) is 18.2 Å². The Hall–Kier alpha value is -2.10. The minimum atomic E-state index is -1.06. The van der Waals surface area contributed by atoms with E-state index in [9.17, 15) is 24.9 Å². The predicted molar refractivity (Wildman–Crippen MR) is 234 cm³/mol. The summed E-state index contributed by atoms with van der Waals surface area (Å²) in [6.07, 6.45) is 23.2. The normalized spacial score (nSPS) is 42.1. The number of aliphatic hydroxyl groups is 3. The topological polar surface area (TPSA) is 166 Å². The fourth-order valence-electron chi connectivity index (χ4n) is 14.0. The van der Waals surface area contributed by atoms with E-state index >= 15 is 0 Å². The Morgan fingerprint density at radius 3 is 2.55 bits per heavy atom. The van der Waals surface area contributed by atoms with Crippen LogP contribution >= 0.6 is 0 Å². The molecule has 60 heavy (non-hydrogen) atoms. The van der Waals surface area contributed by atoms with Crippen LogP contribution in [0.2, 0.25) is 0 Å². The van der Waals surface area contributed by atoms with Gasteiger partial charge in [-0.05, 0) is 144 Å². The predicted octanol–water partition coefficient (Wildman–Crippen LogP) is 6.34. The van der Waals surface area contributed by atoms with Crippen LogP contribution in [0.5, 0.6) is 0 Å². The summed E-state index contributed by atoms with van der Waals surface area (Å²) in [7, 11) is 1.66. The summed E-state index contributed by atoms with van der Waals surface area (Å²) in [4.78, 5) is 31.1. The SMILES string of the molecule is COC1CC2CCC(=O)[C@]3(C#C[C@H](CC[C@H](O)CCC4CC(N)NCC4CC4=C[CH+]N=C4)C2CC1O)CC[C@H](CC[C@H]1C[C@H]2CCC(=O)C[C@H]2NC12CCCCC2)C[C@H]3O. The van der Waals surface area contributed by atoms with Crippen molar-refractivity contribution in [1.29, 1.82) is 0 Å². The summed E-state index contributed by atoms with van der Waals surface area (Å²) in [5.74, 6) is 10.3. The number of hydrogen-bond acceptors (Lipinski definition) is 10. The summed E-state index contributed by atoms with van der Waals surface area (Å²) in [6.45, 7) is 2.72. The van der Waals surface area contributed by atoms with Crippen LogP contribution in [0.25, 0.3) is 0 Å². The van der Waals surface area contributed by atoms with Crippen molar-refractivity contribution in [1.82, 2.24) is 10.6 Å². The Morgan fingerprint density at radius 2 is 1.77 bits per heavy atom. The van der Waals surface area contributed by atoms with Crippen LogP contribution in [-0.2, 0) is 14.3 Å².